The summed E-state index contributed by atoms with van der Waals surface area (Å²) in [7, 11) is 0. The number of aliphatic hydroxyl groups is 8. The summed E-state index contributed by atoms with van der Waals surface area (Å²) in [6.07, 6.45) is 86.5. The van der Waals surface area contributed by atoms with Gasteiger partial charge in [-0.2, -0.15) is 0 Å². The lowest BCUT2D eigenvalue weighted by Gasteiger charge is -2.46. The average molecular weight is 1400 g/mol. The van der Waals surface area contributed by atoms with E-state index in [-0.39, 0.29) is 18.9 Å². The van der Waals surface area contributed by atoms with Gasteiger partial charge in [0, 0.05) is 6.42 Å². The van der Waals surface area contributed by atoms with Crippen molar-refractivity contribution in [2.75, 3.05) is 19.8 Å². The molecule has 572 valence electrons. The maximum Gasteiger partial charge on any atom is 0.220 e. The van der Waals surface area contributed by atoms with Gasteiger partial charge in [-0.3, -0.25) is 4.79 Å². The van der Waals surface area contributed by atoms with E-state index in [9.17, 15) is 45.6 Å². The van der Waals surface area contributed by atoms with Gasteiger partial charge in [0.25, 0.3) is 0 Å². The summed E-state index contributed by atoms with van der Waals surface area (Å²) in [5.74, 6) is -0.295. The number of ether oxygens (including phenoxy) is 4. The van der Waals surface area contributed by atoms with Crippen LogP contribution in [0, 0.1) is 0 Å². The van der Waals surface area contributed by atoms with Gasteiger partial charge >= 0.3 is 0 Å². The molecule has 14 nitrogen and oxygen atoms in total. The molecular formula is C86H145NO13. The standard InChI is InChI=1S/C86H145NO13/c1-3-5-7-9-11-13-15-17-19-21-23-25-27-29-31-33-35-37-39-41-43-45-47-49-51-53-55-57-59-61-63-65-67-69-75(90)74(73-97-85-83(96)81(94)84(77(72-89)99-85)100-86-82(95)80(93)79(92)76(71-88)98-86)87-78(91)70-68-66-64-62-60-58-56-54-52-50-48-46-44-42-40-38-36-34-32-30-28-26-24-22-20-18-16-14-12-10-8-6-4-2/h6,8,12,14,18,20,24,26,30,32,36,38,42,44,48,50,54,56,59-62,67,69,74-77,79-86,88-90,92-96H,3-5,7,9-11,13,15-17,19,21-23,25,27-29,31,33-35,37,39-41,43,45-47,49,51-53,55,57-58,63-66,68,70-73H2,1-2H3,(H,87,91)/b8-6-,14-12-,20-18-,26-24-,32-30-,38-36-,44-42-,50-48-,56-54-,61-59+,62-60-,69-67+. The number of allylic oxidation sites excluding steroid dienone is 23. The fourth-order valence-electron chi connectivity index (χ4n) is 12.2. The first-order chi connectivity index (χ1) is 49.1. The van der Waals surface area contributed by atoms with Crippen LogP contribution in [0.3, 0.4) is 0 Å². The second kappa shape index (κ2) is 68.0. The van der Waals surface area contributed by atoms with Gasteiger partial charge in [0.15, 0.2) is 12.6 Å². The fourth-order valence-corrected chi connectivity index (χ4v) is 12.2. The van der Waals surface area contributed by atoms with Gasteiger partial charge in [0.1, 0.15) is 48.8 Å². The normalized spacial score (nSPS) is 22.7. The number of carbonyl (C=O) groups excluding carboxylic acids is 1. The number of rotatable bonds is 65. The molecule has 12 atom stereocenters. The molecule has 100 heavy (non-hydrogen) atoms. The van der Waals surface area contributed by atoms with Gasteiger partial charge in [0.05, 0.1) is 32.0 Å². The quantitative estimate of drug-likeness (QED) is 0.0204. The third-order valence-electron chi connectivity index (χ3n) is 18.5. The zero-order valence-corrected chi connectivity index (χ0v) is 62.6. The highest BCUT2D eigenvalue weighted by atomic mass is 16.7. The third kappa shape index (κ3) is 50.3. The Labute approximate surface area is 608 Å². The van der Waals surface area contributed by atoms with Crippen LogP contribution in [0.2, 0.25) is 0 Å². The van der Waals surface area contributed by atoms with Crippen LogP contribution in [0.4, 0.5) is 0 Å². The Balaban J connectivity index is 1.68. The van der Waals surface area contributed by atoms with Crippen LogP contribution in [0.25, 0.3) is 0 Å². The van der Waals surface area contributed by atoms with Crippen LogP contribution in [-0.4, -0.2) is 140 Å². The van der Waals surface area contributed by atoms with Crippen molar-refractivity contribution < 1.29 is 64.6 Å². The molecule has 0 aromatic rings. The molecule has 9 N–H and O–H groups in total. The molecule has 0 aliphatic carbocycles. The van der Waals surface area contributed by atoms with E-state index in [1.54, 1.807) is 6.08 Å². The average Bonchev–Trinajstić information content (AvgIpc) is 0.791. The van der Waals surface area contributed by atoms with E-state index in [0.29, 0.717) is 12.8 Å². The van der Waals surface area contributed by atoms with E-state index >= 15 is 0 Å². The Morgan fingerprint density at radius 3 is 1.10 bits per heavy atom. The smallest absolute Gasteiger partial charge is 0.220 e. The summed E-state index contributed by atoms with van der Waals surface area (Å²) in [6.45, 7) is 2.66. The first-order valence-corrected chi connectivity index (χ1v) is 40.1. The second-order valence-electron chi connectivity index (χ2n) is 27.4. The molecule has 0 spiro atoms. The molecule has 0 aromatic heterocycles. The summed E-state index contributed by atoms with van der Waals surface area (Å²) >= 11 is 0. The number of nitrogens with one attached hydrogen (secondary N) is 1. The molecule has 1 amide bonds. The summed E-state index contributed by atoms with van der Waals surface area (Å²) in [4.78, 5) is 13.4. The Morgan fingerprint density at radius 1 is 0.370 bits per heavy atom. The SMILES string of the molecule is CC/C=C\C/C=C\C/C=C\C/C=C\C/C=C\C/C=C\C/C=C\C/C=C\C/C=C\C/C=C\CCCCC(=O)NC(COC1OC(CO)C(OC2OC(CO)C(O)C(O)C2O)C(O)C1O)C(O)/C=C/CC/C=C/CCCCCCCCCCCCCCCCCCCCCCCCCCCCC. The van der Waals surface area contributed by atoms with Gasteiger partial charge in [-0.25, -0.2) is 0 Å². The van der Waals surface area contributed by atoms with Crippen LogP contribution in [0.1, 0.15) is 296 Å². The topological polar surface area (TPSA) is 228 Å². The lowest BCUT2D eigenvalue weighted by Crippen LogP contribution is -2.65. The lowest BCUT2D eigenvalue weighted by molar-refractivity contribution is -0.359. The molecule has 0 aromatic carbocycles. The number of unbranched alkanes of at least 4 members (excludes halogenated alkanes) is 30. The summed E-state index contributed by atoms with van der Waals surface area (Å²) in [5.41, 5.74) is 0. The molecule has 2 aliphatic heterocycles. The predicted octanol–water partition coefficient (Wildman–Crippen LogP) is 18.4. The maximum atomic E-state index is 13.4. The lowest BCUT2D eigenvalue weighted by atomic mass is 9.97. The number of carbonyl (C=O) groups is 1. The van der Waals surface area contributed by atoms with Crippen LogP contribution in [0.15, 0.2) is 146 Å². The summed E-state index contributed by atoms with van der Waals surface area (Å²) in [6, 6.07) is -0.969. The predicted molar refractivity (Wildman–Crippen MR) is 414 cm³/mol. The number of amides is 1. The molecule has 2 saturated heterocycles. The van der Waals surface area contributed by atoms with Gasteiger partial charge in [-0.05, 0) is 109 Å². The first kappa shape index (κ1) is 92.0. The molecule has 12 unspecified atom stereocenters. The Kier molecular flexibility index (Phi) is 62.5. The molecular weight excluding hydrogens is 1250 g/mol. The van der Waals surface area contributed by atoms with E-state index in [0.717, 1.165) is 89.9 Å². The van der Waals surface area contributed by atoms with Crippen molar-refractivity contribution in [3.05, 3.63) is 146 Å². The summed E-state index contributed by atoms with van der Waals surface area (Å²) in [5, 5.41) is 87.6. The van der Waals surface area contributed by atoms with Crippen LogP contribution in [0.5, 0.6) is 0 Å². The van der Waals surface area contributed by atoms with E-state index in [2.05, 4.69) is 153 Å². The minimum atomic E-state index is -1.80. The highest BCUT2D eigenvalue weighted by Crippen LogP contribution is 2.30. The third-order valence-corrected chi connectivity index (χ3v) is 18.5. The molecule has 2 rings (SSSR count). The minimum Gasteiger partial charge on any atom is -0.394 e. The van der Waals surface area contributed by atoms with Crippen molar-refractivity contribution >= 4 is 5.91 Å². The maximum absolute atomic E-state index is 13.4. The van der Waals surface area contributed by atoms with Crippen LogP contribution >= 0.6 is 0 Å². The van der Waals surface area contributed by atoms with Crippen LogP contribution < -0.4 is 5.32 Å². The van der Waals surface area contributed by atoms with Crippen molar-refractivity contribution in [3.63, 3.8) is 0 Å². The van der Waals surface area contributed by atoms with Crippen molar-refractivity contribution in [2.24, 2.45) is 0 Å². The van der Waals surface area contributed by atoms with Gasteiger partial charge in [-0.15, -0.1) is 0 Å². The Hall–Kier alpha value is -4.13. The fraction of sp³-hybridized carbons (Fsp3) is 0.709. The van der Waals surface area contributed by atoms with Gasteiger partial charge < -0.3 is 65.1 Å². The molecule has 0 bridgehead atoms. The van der Waals surface area contributed by atoms with Gasteiger partial charge in [0.2, 0.25) is 5.91 Å². The number of hydrogen-bond donors (Lipinski definition) is 9. The molecule has 2 aliphatic rings. The molecule has 0 radical (unpaired) electrons. The van der Waals surface area contributed by atoms with E-state index < -0.39 is 86.8 Å². The molecule has 2 heterocycles. The molecule has 0 saturated carbocycles. The number of aliphatic hydroxyl groups excluding tert-OH is 8. The van der Waals surface area contributed by atoms with E-state index in [4.69, 9.17) is 18.9 Å². The van der Waals surface area contributed by atoms with Gasteiger partial charge in [-0.1, -0.05) is 327 Å². The van der Waals surface area contributed by atoms with Crippen LogP contribution in [-0.2, 0) is 23.7 Å². The zero-order chi connectivity index (χ0) is 72.2. The minimum absolute atomic E-state index is 0.208. The largest absolute Gasteiger partial charge is 0.394 e. The van der Waals surface area contributed by atoms with Crippen molar-refractivity contribution in [2.45, 2.75) is 370 Å². The van der Waals surface area contributed by atoms with Crippen molar-refractivity contribution in [1.29, 1.82) is 0 Å². The van der Waals surface area contributed by atoms with E-state index in [1.807, 2.05) is 6.08 Å². The van der Waals surface area contributed by atoms with Crippen molar-refractivity contribution in [1.82, 2.24) is 5.32 Å². The highest BCUT2D eigenvalue weighted by Gasteiger charge is 2.51. The Bertz CT molecular complexity index is 2250. The highest BCUT2D eigenvalue weighted by molar-refractivity contribution is 5.76. The molecule has 14 heteroatoms. The summed E-state index contributed by atoms with van der Waals surface area (Å²) < 4.78 is 22.9. The van der Waals surface area contributed by atoms with Crippen molar-refractivity contribution in [3.8, 4) is 0 Å². The Morgan fingerprint density at radius 2 is 0.700 bits per heavy atom. The number of hydrogen-bond acceptors (Lipinski definition) is 13. The monoisotopic (exact) mass is 1400 g/mol. The van der Waals surface area contributed by atoms with E-state index in [1.165, 1.54) is 173 Å². The second-order valence-corrected chi connectivity index (χ2v) is 27.4. The zero-order valence-electron chi connectivity index (χ0n) is 62.6. The molecule has 2 fully saturated rings. The first-order valence-electron chi connectivity index (χ1n) is 40.1.